The largest absolute Gasteiger partial charge is 0.497 e. The molecular weight excluding hydrogens is 300 g/mol. The molecule has 23 heavy (non-hydrogen) atoms. The lowest BCUT2D eigenvalue weighted by Crippen LogP contribution is -2.21. The standard InChI is InChI=1S/C20H28O2Si/c1-16-18(15-22-13-14-23(3,4)5)7-6-8-20(16)17-9-11-19(21-2)12-10-17/h6-12H,13-15H2,1-5H3. The molecule has 0 fully saturated rings. The minimum absolute atomic E-state index is 0.695. The maximum absolute atomic E-state index is 5.92. The molecule has 2 aromatic rings. The van der Waals surface area contributed by atoms with Gasteiger partial charge in [-0.15, -0.1) is 0 Å². The number of methoxy groups -OCH3 is 1. The molecule has 0 N–H and O–H groups in total. The lowest BCUT2D eigenvalue weighted by Gasteiger charge is -2.16. The van der Waals surface area contributed by atoms with Crippen molar-refractivity contribution in [3.8, 4) is 16.9 Å². The molecule has 0 aliphatic rings. The summed E-state index contributed by atoms with van der Waals surface area (Å²) in [5.74, 6) is 0.886. The quantitative estimate of drug-likeness (QED) is 0.492. The Kier molecular flexibility index (Phi) is 6.02. The van der Waals surface area contributed by atoms with Gasteiger partial charge >= 0.3 is 0 Å². The molecule has 0 atom stereocenters. The fourth-order valence-corrected chi connectivity index (χ4v) is 3.24. The molecule has 0 aliphatic heterocycles. The van der Waals surface area contributed by atoms with E-state index in [0.717, 1.165) is 12.4 Å². The molecule has 0 saturated heterocycles. The van der Waals surface area contributed by atoms with Crippen molar-refractivity contribution in [3.63, 3.8) is 0 Å². The zero-order valence-electron chi connectivity index (χ0n) is 15.0. The first-order valence-electron chi connectivity index (χ1n) is 8.21. The summed E-state index contributed by atoms with van der Waals surface area (Å²) in [6.45, 7) is 10.9. The fourth-order valence-electron chi connectivity index (χ4n) is 2.48. The van der Waals surface area contributed by atoms with E-state index in [9.17, 15) is 0 Å². The van der Waals surface area contributed by atoms with Gasteiger partial charge in [-0.05, 0) is 47.4 Å². The van der Waals surface area contributed by atoms with Crippen molar-refractivity contribution in [1.29, 1.82) is 0 Å². The third kappa shape index (κ3) is 5.22. The van der Waals surface area contributed by atoms with Gasteiger partial charge in [-0.2, -0.15) is 0 Å². The number of hydrogen-bond acceptors (Lipinski definition) is 2. The number of rotatable bonds is 7. The maximum atomic E-state index is 5.92. The molecule has 0 bridgehead atoms. The molecule has 0 heterocycles. The Morgan fingerprint density at radius 2 is 1.65 bits per heavy atom. The van der Waals surface area contributed by atoms with Gasteiger partial charge in [0.05, 0.1) is 13.7 Å². The highest BCUT2D eigenvalue weighted by Gasteiger charge is 2.12. The van der Waals surface area contributed by atoms with Crippen molar-refractivity contribution in [1.82, 2.24) is 0 Å². The zero-order chi connectivity index (χ0) is 16.9. The van der Waals surface area contributed by atoms with Crippen molar-refractivity contribution in [2.24, 2.45) is 0 Å². The van der Waals surface area contributed by atoms with E-state index in [2.05, 4.69) is 56.9 Å². The maximum Gasteiger partial charge on any atom is 0.118 e. The second kappa shape index (κ2) is 7.80. The van der Waals surface area contributed by atoms with E-state index in [1.807, 2.05) is 12.1 Å². The van der Waals surface area contributed by atoms with Crippen molar-refractivity contribution in [2.75, 3.05) is 13.7 Å². The Labute approximate surface area is 141 Å². The average molecular weight is 329 g/mol. The number of hydrogen-bond donors (Lipinski definition) is 0. The van der Waals surface area contributed by atoms with E-state index in [1.54, 1.807) is 7.11 Å². The second-order valence-corrected chi connectivity index (χ2v) is 12.8. The second-order valence-electron chi connectivity index (χ2n) is 7.18. The van der Waals surface area contributed by atoms with E-state index < -0.39 is 8.07 Å². The molecule has 2 aromatic carbocycles. The third-order valence-electron chi connectivity index (χ3n) is 4.10. The van der Waals surface area contributed by atoms with Crippen LogP contribution in [0.1, 0.15) is 11.1 Å². The van der Waals surface area contributed by atoms with Gasteiger partial charge in [-0.3, -0.25) is 0 Å². The summed E-state index contributed by atoms with van der Waals surface area (Å²) in [5, 5.41) is 0. The molecule has 2 rings (SSSR count). The van der Waals surface area contributed by atoms with Gasteiger partial charge in [0, 0.05) is 14.7 Å². The monoisotopic (exact) mass is 328 g/mol. The van der Waals surface area contributed by atoms with Crippen LogP contribution < -0.4 is 4.74 Å². The highest BCUT2D eigenvalue weighted by Crippen LogP contribution is 2.27. The topological polar surface area (TPSA) is 18.5 Å². The Hall–Kier alpha value is -1.58. The Bertz CT molecular complexity index is 627. The Balaban J connectivity index is 2.08. The van der Waals surface area contributed by atoms with Crippen LogP contribution in [-0.4, -0.2) is 21.8 Å². The van der Waals surface area contributed by atoms with E-state index in [4.69, 9.17) is 9.47 Å². The third-order valence-corrected chi connectivity index (χ3v) is 5.81. The molecular formula is C20H28O2Si. The van der Waals surface area contributed by atoms with Gasteiger partial charge in [-0.1, -0.05) is 50.0 Å². The van der Waals surface area contributed by atoms with Crippen LogP contribution in [0.2, 0.25) is 25.7 Å². The first-order valence-corrected chi connectivity index (χ1v) is 11.9. The van der Waals surface area contributed by atoms with E-state index in [0.29, 0.717) is 6.61 Å². The lowest BCUT2D eigenvalue weighted by atomic mass is 9.97. The average Bonchev–Trinajstić information content (AvgIpc) is 2.52. The summed E-state index contributed by atoms with van der Waals surface area (Å²) in [6.07, 6.45) is 0. The highest BCUT2D eigenvalue weighted by molar-refractivity contribution is 6.76. The molecule has 0 aliphatic carbocycles. The normalized spacial score (nSPS) is 11.5. The van der Waals surface area contributed by atoms with Crippen LogP contribution in [0.5, 0.6) is 5.75 Å². The van der Waals surface area contributed by atoms with Crippen LogP contribution in [0.15, 0.2) is 42.5 Å². The summed E-state index contributed by atoms with van der Waals surface area (Å²) in [4.78, 5) is 0. The van der Waals surface area contributed by atoms with Gasteiger partial charge in [-0.25, -0.2) is 0 Å². The van der Waals surface area contributed by atoms with E-state index >= 15 is 0 Å². The van der Waals surface area contributed by atoms with Crippen molar-refractivity contribution < 1.29 is 9.47 Å². The van der Waals surface area contributed by atoms with E-state index in [1.165, 1.54) is 28.3 Å². The first-order chi connectivity index (χ1) is 10.9. The van der Waals surface area contributed by atoms with Gasteiger partial charge in [0.15, 0.2) is 0 Å². The summed E-state index contributed by atoms with van der Waals surface area (Å²) >= 11 is 0. The predicted octanol–water partition coefficient (Wildman–Crippen LogP) is 5.53. The van der Waals surface area contributed by atoms with Gasteiger partial charge < -0.3 is 9.47 Å². The molecule has 124 valence electrons. The fraction of sp³-hybridized carbons (Fsp3) is 0.400. The molecule has 3 heteroatoms. The van der Waals surface area contributed by atoms with Crippen molar-refractivity contribution >= 4 is 8.07 Å². The van der Waals surface area contributed by atoms with Crippen molar-refractivity contribution in [2.45, 2.75) is 39.2 Å². The Morgan fingerprint density at radius 3 is 2.26 bits per heavy atom. The van der Waals surface area contributed by atoms with Crippen LogP contribution in [-0.2, 0) is 11.3 Å². The van der Waals surface area contributed by atoms with Gasteiger partial charge in [0.1, 0.15) is 5.75 Å². The zero-order valence-corrected chi connectivity index (χ0v) is 16.0. The molecule has 0 unspecified atom stereocenters. The Morgan fingerprint density at radius 1 is 0.957 bits per heavy atom. The van der Waals surface area contributed by atoms with Gasteiger partial charge in [0.2, 0.25) is 0 Å². The van der Waals surface area contributed by atoms with Crippen LogP contribution >= 0.6 is 0 Å². The van der Waals surface area contributed by atoms with E-state index in [-0.39, 0.29) is 0 Å². The van der Waals surface area contributed by atoms with Crippen LogP contribution in [0.3, 0.4) is 0 Å². The SMILES string of the molecule is COc1ccc(-c2cccc(COCC[Si](C)(C)C)c2C)cc1. The molecule has 0 aromatic heterocycles. The van der Waals surface area contributed by atoms with Crippen LogP contribution in [0.4, 0.5) is 0 Å². The molecule has 0 radical (unpaired) electrons. The summed E-state index contributed by atoms with van der Waals surface area (Å²) in [6, 6.07) is 15.9. The molecule has 0 amide bonds. The minimum Gasteiger partial charge on any atom is -0.497 e. The van der Waals surface area contributed by atoms with Crippen LogP contribution in [0.25, 0.3) is 11.1 Å². The predicted molar refractivity (Wildman–Crippen MR) is 101 cm³/mol. The number of benzene rings is 2. The lowest BCUT2D eigenvalue weighted by molar-refractivity contribution is 0.133. The van der Waals surface area contributed by atoms with Gasteiger partial charge in [0.25, 0.3) is 0 Å². The smallest absolute Gasteiger partial charge is 0.118 e. The number of ether oxygens (including phenoxy) is 2. The molecule has 2 nitrogen and oxygen atoms in total. The highest BCUT2D eigenvalue weighted by atomic mass is 28.3. The molecule has 0 spiro atoms. The van der Waals surface area contributed by atoms with Crippen molar-refractivity contribution in [3.05, 3.63) is 53.6 Å². The summed E-state index contributed by atoms with van der Waals surface area (Å²) in [7, 11) is 0.675. The van der Waals surface area contributed by atoms with Crippen LogP contribution in [0, 0.1) is 6.92 Å². The minimum atomic E-state index is -1.02. The summed E-state index contributed by atoms with van der Waals surface area (Å²) in [5.41, 5.74) is 5.05. The first kappa shape index (κ1) is 17.8. The summed E-state index contributed by atoms with van der Waals surface area (Å²) < 4.78 is 11.2. The molecule has 0 saturated carbocycles.